The van der Waals surface area contributed by atoms with Crippen LogP contribution in [0.3, 0.4) is 0 Å². The second-order valence-electron chi connectivity index (χ2n) is 11.0. The molecule has 0 heterocycles. The Morgan fingerprint density at radius 2 is 1.62 bits per heavy atom. The molecule has 2 aromatic rings. The summed E-state index contributed by atoms with van der Waals surface area (Å²) >= 11 is 0. The largest absolute Gasteiger partial charge is 0.497 e. The second-order valence-corrected chi connectivity index (χ2v) is 11.0. The maximum Gasteiger partial charge on any atom is 0.243 e. The van der Waals surface area contributed by atoms with E-state index in [2.05, 4.69) is 50.4 Å². The molecule has 5 nitrogen and oxygen atoms in total. The van der Waals surface area contributed by atoms with Gasteiger partial charge in [0.2, 0.25) is 11.8 Å². The maximum absolute atomic E-state index is 13.5. The van der Waals surface area contributed by atoms with Crippen LogP contribution in [0.25, 0.3) is 0 Å². The van der Waals surface area contributed by atoms with Crippen LogP contribution in [-0.2, 0) is 28.0 Å². The highest BCUT2D eigenvalue weighted by atomic mass is 16.5. The van der Waals surface area contributed by atoms with Crippen molar-refractivity contribution in [3.8, 4) is 5.75 Å². The molecule has 0 saturated heterocycles. The lowest BCUT2D eigenvalue weighted by Gasteiger charge is -2.33. The molecule has 186 valence electrons. The highest BCUT2D eigenvalue weighted by Gasteiger charge is 2.30. The summed E-state index contributed by atoms with van der Waals surface area (Å²) in [6.07, 6.45) is 1.52. The SMILES string of the molecule is CC[C@@H](C(=O)NC(C)(C)C)N(Cc1cccc(OC)c1)C(=O)CCc1ccc(C(C)(C)C)cc1. The molecule has 0 bridgehead atoms. The molecule has 2 rings (SSSR count). The summed E-state index contributed by atoms with van der Waals surface area (Å²) < 4.78 is 5.35. The fraction of sp³-hybridized carbons (Fsp3) is 0.517. The van der Waals surface area contributed by atoms with E-state index in [0.29, 0.717) is 25.8 Å². The Labute approximate surface area is 205 Å². The van der Waals surface area contributed by atoms with Gasteiger partial charge in [0, 0.05) is 18.5 Å². The van der Waals surface area contributed by atoms with Crippen molar-refractivity contribution < 1.29 is 14.3 Å². The molecular weight excluding hydrogens is 424 g/mol. The summed E-state index contributed by atoms with van der Waals surface area (Å²) in [5.41, 5.74) is 3.05. The van der Waals surface area contributed by atoms with Crippen molar-refractivity contribution in [2.75, 3.05) is 7.11 Å². The van der Waals surface area contributed by atoms with E-state index >= 15 is 0 Å². The summed E-state index contributed by atoms with van der Waals surface area (Å²) in [7, 11) is 1.62. The number of carbonyl (C=O) groups is 2. The Morgan fingerprint density at radius 1 is 0.971 bits per heavy atom. The first kappa shape index (κ1) is 27.4. The van der Waals surface area contributed by atoms with E-state index in [0.717, 1.165) is 16.9 Å². The van der Waals surface area contributed by atoms with Crippen LogP contribution in [0.1, 0.15) is 78.0 Å². The van der Waals surface area contributed by atoms with Crippen LogP contribution < -0.4 is 10.1 Å². The Bertz CT molecular complexity index is 953. The molecular formula is C29H42N2O3. The molecule has 0 radical (unpaired) electrons. The van der Waals surface area contributed by atoms with Crippen molar-refractivity contribution in [2.45, 2.75) is 91.3 Å². The Kier molecular flexibility index (Phi) is 9.31. The van der Waals surface area contributed by atoms with Crippen molar-refractivity contribution in [1.29, 1.82) is 0 Å². The van der Waals surface area contributed by atoms with Crippen LogP contribution in [0.4, 0.5) is 0 Å². The molecule has 0 aliphatic rings. The minimum Gasteiger partial charge on any atom is -0.497 e. The van der Waals surface area contributed by atoms with Crippen molar-refractivity contribution in [3.05, 3.63) is 65.2 Å². The highest BCUT2D eigenvalue weighted by Crippen LogP contribution is 2.23. The average Bonchev–Trinajstić information content (AvgIpc) is 2.76. The van der Waals surface area contributed by atoms with E-state index in [1.165, 1.54) is 5.56 Å². The molecule has 0 fully saturated rings. The summed E-state index contributed by atoms with van der Waals surface area (Å²) in [6.45, 7) is 14.7. The summed E-state index contributed by atoms with van der Waals surface area (Å²) in [5, 5.41) is 3.05. The number of aryl methyl sites for hydroxylation is 1. The first-order valence-electron chi connectivity index (χ1n) is 12.2. The number of methoxy groups -OCH3 is 1. The van der Waals surface area contributed by atoms with E-state index in [9.17, 15) is 9.59 Å². The molecule has 0 aliphatic carbocycles. The first-order valence-corrected chi connectivity index (χ1v) is 12.2. The fourth-order valence-electron chi connectivity index (χ4n) is 3.91. The minimum atomic E-state index is -0.541. The molecule has 0 saturated carbocycles. The van der Waals surface area contributed by atoms with Gasteiger partial charge in [0.25, 0.3) is 0 Å². The van der Waals surface area contributed by atoms with Crippen molar-refractivity contribution in [1.82, 2.24) is 10.2 Å². The number of amides is 2. The number of benzene rings is 2. The van der Waals surface area contributed by atoms with Crippen LogP contribution >= 0.6 is 0 Å². The lowest BCUT2D eigenvalue weighted by molar-refractivity contribution is -0.142. The van der Waals surface area contributed by atoms with Crippen LogP contribution in [0.15, 0.2) is 48.5 Å². The number of rotatable bonds is 9. The molecule has 34 heavy (non-hydrogen) atoms. The van der Waals surface area contributed by atoms with Gasteiger partial charge in [-0.15, -0.1) is 0 Å². The van der Waals surface area contributed by atoms with Gasteiger partial charge in [0.05, 0.1) is 7.11 Å². The van der Waals surface area contributed by atoms with E-state index < -0.39 is 6.04 Å². The molecule has 1 atom stereocenters. The number of nitrogens with zero attached hydrogens (tertiary/aromatic N) is 1. The van der Waals surface area contributed by atoms with Gasteiger partial charge >= 0.3 is 0 Å². The van der Waals surface area contributed by atoms with Gasteiger partial charge in [-0.3, -0.25) is 9.59 Å². The normalized spacial score (nSPS) is 12.7. The second kappa shape index (κ2) is 11.5. The van der Waals surface area contributed by atoms with Crippen LogP contribution in [0, 0.1) is 0 Å². The topological polar surface area (TPSA) is 58.6 Å². The smallest absolute Gasteiger partial charge is 0.243 e. The Morgan fingerprint density at radius 3 is 2.15 bits per heavy atom. The minimum absolute atomic E-state index is 0.0290. The van der Waals surface area contributed by atoms with Crippen molar-refractivity contribution in [3.63, 3.8) is 0 Å². The van der Waals surface area contributed by atoms with Gasteiger partial charge < -0.3 is 15.0 Å². The van der Waals surface area contributed by atoms with E-state index in [1.807, 2.05) is 52.0 Å². The van der Waals surface area contributed by atoms with Gasteiger partial charge in [-0.25, -0.2) is 0 Å². The quantitative estimate of drug-likeness (QED) is 0.520. The average molecular weight is 467 g/mol. The summed E-state index contributed by atoms with van der Waals surface area (Å²) in [5.74, 6) is 0.579. The van der Waals surface area contributed by atoms with Crippen molar-refractivity contribution >= 4 is 11.8 Å². The third-order valence-electron chi connectivity index (χ3n) is 5.82. The highest BCUT2D eigenvalue weighted by molar-refractivity contribution is 5.88. The number of hydrogen-bond acceptors (Lipinski definition) is 3. The molecule has 1 N–H and O–H groups in total. The zero-order valence-corrected chi connectivity index (χ0v) is 22.2. The molecule has 0 spiro atoms. The number of hydrogen-bond donors (Lipinski definition) is 1. The monoisotopic (exact) mass is 466 g/mol. The first-order chi connectivity index (χ1) is 15.8. The fourth-order valence-corrected chi connectivity index (χ4v) is 3.91. The van der Waals surface area contributed by atoms with Crippen LogP contribution in [-0.4, -0.2) is 35.4 Å². The molecule has 0 unspecified atom stereocenters. The zero-order chi connectivity index (χ0) is 25.5. The third kappa shape index (κ3) is 8.19. The molecule has 2 amide bonds. The maximum atomic E-state index is 13.5. The van der Waals surface area contributed by atoms with Gasteiger partial charge in [0.1, 0.15) is 11.8 Å². The standard InChI is InChI=1S/C29H42N2O3/c1-9-25(27(33)30-29(5,6)7)31(20-22-11-10-12-24(19-22)34-8)26(32)18-15-21-13-16-23(17-14-21)28(2,3)4/h10-14,16-17,19,25H,9,15,18,20H2,1-8H3,(H,30,33)/t25-/m0/s1. The third-order valence-corrected chi connectivity index (χ3v) is 5.82. The van der Waals surface area contributed by atoms with Gasteiger partial charge in [0.15, 0.2) is 0 Å². The molecule has 0 aliphatic heterocycles. The summed E-state index contributed by atoms with van der Waals surface area (Å²) in [6, 6.07) is 15.6. The number of ether oxygens (including phenoxy) is 1. The Balaban J connectivity index is 2.24. The molecule has 2 aromatic carbocycles. The van der Waals surface area contributed by atoms with E-state index in [4.69, 9.17) is 4.74 Å². The zero-order valence-electron chi connectivity index (χ0n) is 22.2. The number of carbonyl (C=O) groups excluding carboxylic acids is 2. The lowest BCUT2D eigenvalue weighted by Crippen LogP contribution is -2.53. The van der Waals surface area contributed by atoms with Crippen molar-refractivity contribution in [2.24, 2.45) is 0 Å². The lowest BCUT2D eigenvalue weighted by atomic mass is 9.86. The van der Waals surface area contributed by atoms with Gasteiger partial charge in [-0.2, -0.15) is 0 Å². The number of nitrogens with one attached hydrogen (secondary N) is 1. The predicted octanol–water partition coefficient (Wildman–Crippen LogP) is 5.65. The summed E-state index contributed by atoms with van der Waals surface area (Å²) in [4.78, 5) is 28.3. The predicted molar refractivity (Wildman–Crippen MR) is 139 cm³/mol. The Hall–Kier alpha value is -2.82. The van der Waals surface area contributed by atoms with E-state index in [-0.39, 0.29) is 22.8 Å². The molecule has 0 aromatic heterocycles. The van der Waals surface area contributed by atoms with Crippen LogP contribution in [0.5, 0.6) is 5.75 Å². The van der Waals surface area contributed by atoms with Crippen LogP contribution in [0.2, 0.25) is 0 Å². The van der Waals surface area contributed by atoms with Gasteiger partial charge in [-0.1, -0.05) is 64.1 Å². The van der Waals surface area contributed by atoms with Gasteiger partial charge in [-0.05, 0) is 67.9 Å². The van der Waals surface area contributed by atoms with E-state index in [1.54, 1.807) is 12.0 Å². The molecule has 5 heteroatoms.